The molecule has 1 aliphatic rings. The standard InChI is InChI=1S/C11H9BrN2O/c12-8-5-13-11(15)7-3-4-9(6-1-2-6)14-10(7)8/h3-6H,1-2H2,(H,13,15). The fourth-order valence-electron chi connectivity index (χ4n) is 1.72. The van der Waals surface area contributed by atoms with Gasteiger partial charge in [-0.25, -0.2) is 0 Å². The summed E-state index contributed by atoms with van der Waals surface area (Å²) in [7, 11) is 0. The van der Waals surface area contributed by atoms with Crippen molar-refractivity contribution in [1.29, 1.82) is 0 Å². The van der Waals surface area contributed by atoms with Gasteiger partial charge in [0.25, 0.3) is 5.56 Å². The van der Waals surface area contributed by atoms with Gasteiger partial charge in [-0.3, -0.25) is 9.78 Å². The molecule has 1 aliphatic carbocycles. The van der Waals surface area contributed by atoms with Gasteiger partial charge in [-0.15, -0.1) is 0 Å². The molecule has 0 bridgehead atoms. The largest absolute Gasteiger partial charge is 0.327 e. The molecule has 3 rings (SSSR count). The minimum atomic E-state index is -0.0805. The second-order valence-corrected chi connectivity index (χ2v) is 4.73. The van der Waals surface area contributed by atoms with Gasteiger partial charge in [0.15, 0.2) is 0 Å². The number of nitrogens with one attached hydrogen (secondary N) is 1. The number of aromatic amines is 1. The first-order chi connectivity index (χ1) is 7.25. The summed E-state index contributed by atoms with van der Waals surface area (Å²) in [6.07, 6.45) is 4.09. The first kappa shape index (κ1) is 9.09. The lowest BCUT2D eigenvalue weighted by molar-refractivity contribution is 1.04. The summed E-state index contributed by atoms with van der Waals surface area (Å²) >= 11 is 3.40. The summed E-state index contributed by atoms with van der Waals surface area (Å²) in [5, 5.41) is 0.647. The second-order valence-electron chi connectivity index (χ2n) is 3.87. The lowest BCUT2D eigenvalue weighted by atomic mass is 10.2. The maximum absolute atomic E-state index is 11.5. The number of halogens is 1. The number of fused-ring (bicyclic) bond motifs is 1. The third kappa shape index (κ3) is 1.49. The van der Waals surface area contributed by atoms with Gasteiger partial charge in [0.2, 0.25) is 0 Å². The zero-order valence-corrected chi connectivity index (χ0v) is 9.54. The summed E-state index contributed by atoms with van der Waals surface area (Å²) < 4.78 is 0.847. The highest BCUT2D eigenvalue weighted by Crippen LogP contribution is 2.39. The number of hydrogen-bond acceptors (Lipinski definition) is 2. The quantitative estimate of drug-likeness (QED) is 0.861. The Morgan fingerprint density at radius 3 is 2.93 bits per heavy atom. The van der Waals surface area contributed by atoms with Crippen molar-refractivity contribution >= 4 is 26.8 Å². The van der Waals surface area contributed by atoms with Crippen molar-refractivity contribution in [3.8, 4) is 0 Å². The summed E-state index contributed by atoms with van der Waals surface area (Å²) in [6, 6.07) is 3.82. The Labute approximate surface area is 94.7 Å². The molecule has 0 spiro atoms. The van der Waals surface area contributed by atoms with Crippen molar-refractivity contribution in [2.45, 2.75) is 18.8 Å². The van der Waals surface area contributed by atoms with Gasteiger partial charge in [-0.2, -0.15) is 0 Å². The Morgan fingerprint density at radius 2 is 2.20 bits per heavy atom. The third-order valence-electron chi connectivity index (χ3n) is 2.71. The molecule has 4 heteroatoms. The van der Waals surface area contributed by atoms with Crippen LogP contribution in [0.2, 0.25) is 0 Å². The Kier molecular flexibility index (Phi) is 1.92. The average Bonchev–Trinajstić information content (AvgIpc) is 3.07. The number of H-pyrrole nitrogens is 1. The molecule has 2 heterocycles. The van der Waals surface area contributed by atoms with Gasteiger partial charge in [-0.05, 0) is 40.9 Å². The molecule has 0 unspecified atom stereocenters. The molecular weight excluding hydrogens is 256 g/mol. The van der Waals surface area contributed by atoms with Gasteiger partial charge in [0.1, 0.15) is 0 Å². The highest BCUT2D eigenvalue weighted by molar-refractivity contribution is 9.10. The maximum atomic E-state index is 11.5. The van der Waals surface area contributed by atoms with Crippen LogP contribution < -0.4 is 5.56 Å². The number of hydrogen-bond donors (Lipinski definition) is 1. The Bertz CT molecular complexity index is 587. The lowest BCUT2D eigenvalue weighted by Gasteiger charge is -2.02. The van der Waals surface area contributed by atoms with E-state index < -0.39 is 0 Å². The van der Waals surface area contributed by atoms with Crippen molar-refractivity contribution in [3.05, 3.63) is 38.9 Å². The molecule has 0 atom stereocenters. The average molecular weight is 265 g/mol. The van der Waals surface area contributed by atoms with Crippen molar-refractivity contribution < 1.29 is 0 Å². The fourth-order valence-corrected chi connectivity index (χ4v) is 2.14. The van der Waals surface area contributed by atoms with Crippen LogP contribution in [0.15, 0.2) is 27.6 Å². The van der Waals surface area contributed by atoms with Crippen molar-refractivity contribution in [1.82, 2.24) is 9.97 Å². The van der Waals surface area contributed by atoms with Crippen LogP contribution in [0.5, 0.6) is 0 Å². The monoisotopic (exact) mass is 264 g/mol. The molecular formula is C11H9BrN2O. The van der Waals surface area contributed by atoms with Crippen LogP contribution in [0.4, 0.5) is 0 Å². The zero-order chi connectivity index (χ0) is 10.4. The van der Waals surface area contributed by atoms with Crippen LogP contribution in [0.25, 0.3) is 10.9 Å². The van der Waals surface area contributed by atoms with Crippen LogP contribution in [-0.4, -0.2) is 9.97 Å². The number of nitrogens with zero attached hydrogens (tertiary/aromatic N) is 1. The van der Waals surface area contributed by atoms with Gasteiger partial charge in [0, 0.05) is 17.8 Å². The van der Waals surface area contributed by atoms with E-state index in [-0.39, 0.29) is 5.56 Å². The van der Waals surface area contributed by atoms with Gasteiger partial charge < -0.3 is 4.98 Å². The molecule has 1 saturated carbocycles. The molecule has 0 aromatic carbocycles. The molecule has 0 radical (unpaired) electrons. The van der Waals surface area contributed by atoms with Crippen molar-refractivity contribution in [3.63, 3.8) is 0 Å². The normalized spacial score (nSPS) is 15.8. The van der Waals surface area contributed by atoms with E-state index in [0.717, 1.165) is 15.7 Å². The molecule has 76 valence electrons. The number of pyridine rings is 2. The topological polar surface area (TPSA) is 45.8 Å². The molecule has 0 aliphatic heterocycles. The first-order valence-electron chi connectivity index (χ1n) is 4.93. The SMILES string of the molecule is O=c1[nH]cc(Br)c2nc(C3CC3)ccc12. The Hall–Kier alpha value is -1.16. The van der Waals surface area contributed by atoms with Crippen LogP contribution in [0.1, 0.15) is 24.5 Å². The highest BCUT2D eigenvalue weighted by atomic mass is 79.9. The van der Waals surface area contributed by atoms with E-state index >= 15 is 0 Å². The lowest BCUT2D eigenvalue weighted by Crippen LogP contribution is -2.06. The van der Waals surface area contributed by atoms with Gasteiger partial charge in [-0.1, -0.05) is 0 Å². The van der Waals surface area contributed by atoms with Crippen molar-refractivity contribution in [2.24, 2.45) is 0 Å². The summed E-state index contributed by atoms with van der Waals surface area (Å²) in [6.45, 7) is 0. The molecule has 15 heavy (non-hydrogen) atoms. The van der Waals surface area contributed by atoms with Crippen molar-refractivity contribution in [2.75, 3.05) is 0 Å². The molecule has 0 saturated heterocycles. The molecule has 2 aromatic heterocycles. The summed E-state index contributed by atoms with van der Waals surface area (Å²) in [5.74, 6) is 0.612. The van der Waals surface area contributed by atoms with E-state index in [2.05, 4.69) is 25.9 Å². The minimum Gasteiger partial charge on any atom is -0.327 e. The molecule has 3 nitrogen and oxygen atoms in total. The predicted molar refractivity (Wildman–Crippen MR) is 62.0 cm³/mol. The molecule has 1 fully saturated rings. The minimum absolute atomic E-state index is 0.0805. The number of rotatable bonds is 1. The van der Waals surface area contributed by atoms with E-state index in [1.54, 1.807) is 6.20 Å². The van der Waals surface area contributed by atoms with Crippen LogP contribution >= 0.6 is 15.9 Å². The predicted octanol–water partition coefficient (Wildman–Crippen LogP) is 2.56. The maximum Gasteiger partial charge on any atom is 0.257 e. The van der Waals surface area contributed by atoms with E-state index in [9.17, 15) is 4.79 Å². The molecule has 0 amide bonds. The smallest absolute Gasteiger partial charge is 0.257 e. The van der Waals surface area contributed by atoms with E-state index in [0.29, 0.717) is 11.3 Å². The van der Waals surface area contributed by atoms with Crippen LogP contribution in [-0.2, 0) is 0 Å². The number of aromatic nitrogens is 2. The van der Waals surface area contributed by atoms with E-state index in [1.165, 1.54) is 12.8 Å². The molecule has 1 N–H and O–H groups in total. The molecule has 2 aromatic rings. The second kappa shape index (κ2) is 3.17. The van der Waals surface area contributed by atoms with Gasteiger partial charge >= 0.3 is 0 Å². The van der Waals surface area contributed by atoms with Crippen LogP contribution in [0, 0.1) is 0 Å². The fraction of sp³-hybridized carbons (Fsp3) is 0.273. The summed E-state index contributed by atoms with van der Waals surface area (Å²) in [4.78, 5) is 18.7. The van der Waals surface area contributed by atoms with E-state index in [1.807, 2.05) is 12.1 Å². The van der Waals surface area contributed by atoms with Gasteiger partial charge in [0.05, 0.1) is 15.4 Å². The third-order valence-corrected chi connectivity index (χ3v) is 3.32. The highest BCUT2D eigenvalue weighted by Gasteiger charge is 2.25. The Morgan fingerprint density at radius 1 is 1.40 bits per heavy atom. The summed E-state index contributed by atoms with van der Waals surface area (Å²) in [5.41, 5.74) is 1.79. The zero-order valence-electron chi connectivity index (χ0n) is 7.96. The van der Waals surface area contributed by atoms with Crippen LogP contribution in [0.3, 0.4) is 0 Å². The Balaban J connectivity index is 2.33. The first-order valence-corrected chi connectivity index (χ1v) is 5.73. The van der Waals surface area contributed by atoms with E-state index in [4.69, 9.17) is 0 Å².